The fourth-order valence-corrected chi connectivity index (χ4v) is 3.14. The SMILES string of the molecule is C#CCC(c1ncn2c1C[C@@H](F)C2)n1cc2ccccc2n1. The molecule has 0 spiro atoms. The molecule has 0 N–H and O–H groups in total. The summed E-state index contributed by atoms with van der Waals surface area (Å²) in [5, 5.41) is 5.67. The molecule has 1 aliphatic heterocycles. The summed E-state index contributed by atoms with van der Waals surface area (Å²) in [6, 6.07) is 7.76. The zero-order valence-electron chi connectivity index (χ0n) is 12.0. The number of aromatic nitrogens is 4. The van der Waals surface area contributed by atoms with Gasteiger partial charge in [-0.05, 0) is 6.07 Å². The maximum Gasteiger partial charge on any atom is 0.123 e. The highest BCUT2D eigenvalue weighted by Gasteiger charge is 2.29. The number of halogens is 1. The molecule has 1 aliphatic rings. The van der Waals surface area contributed by atoms with Crippen molar-refractivity contribution in [3.63, 3.8) is 0 Å². The lowest BCUT2D eigenvalue weighted by molar-refractivity contribution is 0.328. The van der Waals surface area contributed by atoms with Crippen LogP contribution in [-0.2, 0) is 13.0 Å². The minimum absolute atomic E-state index is 0.154. The first kappa shape index (κ1) is 13.1. The number of hydrogen-bond donors (Lipinski definition) is 0. The van der Waals surface area contributed by atoms with Crippen molar-refractivity contribution in [2.75, 3.05) is 0 Å². The quantitative estimate of drug-likeness (QED) is 0.696. The third kappa shape index (κ3) is 2.00. The maximum atomic E-state index is 13.6. The van der Waals surface area contributed by atoms with Gasteiger partial charge < -0.3 is 4.57 Å². The van der Waals surface area contributed by atoms with Crippen molar-refractivity contribution in [2.24, 2.45) is 0 Å². The van der Waals surface area contributed by atoms with Crippen LogP contribution in [0.25, 0.3) is 10.9 Å². The Kier molecular flexibility index (Phi) is 2.97. The summed E-state index contributed by atoms with van der Waals surface area (Å²) in [7, 11) is 0. The molecule has 2 atom stereocenters. The highest BCUT2D eigenvalue weighted by Crippen LogP contribution is 2.29. The molecule has 3 aromatic rings. The molecule has 0 aliphatic carbocycles. The Morgan fingerprint density at radius 2 is 2.27 bits per heavy atom. The minimum Gasteiger partial charge on any atom is -0.331 e. The summed E-state index contributed by atoms with van der Waals surface area (Å²) in [5.74, 6) is 2.70. The highest BCUT2D eigenvalue weighted by atomic mass is 19.1. The number of benzene rings is 1. The first-order valence-electron chi connectivity index (χ1n) is 7.31. The van der Waals surface area contributed by atoms with E-state index >= 15 is 0 Å². The minimum atomic E-state index is -0.833. The van der Waals surface area contributed by atoms with Gasteiger partial charge in [0.1, 0.15) is 12.2 Å². The van der Waals surface area contributed by atoms with Crippen molar-refractivity contribution in [1.82, 2.24) is 19.3 Å². The van der Waals surface area contributed by atoms with E-state index in [-0.39, 0.29) is 6.04 Å². The molecule has 0 amide bonds. The predicted octanol–water partition coefficient (Wildman–Crippen LogP) is 2.74. The van der Waals surface area contributed by atoms with Crippen molar-refractivity contribution >= 4 is 10.9 Å². The van der Waals surface area contributed by atoms with E-state index in [4.69, 9.17) is 6.42 Å². The average Bonchev–Trinajstić information content (AvgIpc) is 3.17. The maximum absolute atomic E-state index is 13.6. The van der Waals surface area contributed by atoms with Gasteiger partial charge in [0.25, 0.3) is 0 Å². The predicted molar refractivity (Wildman–Crippen MR) is 82.1 cm³/mol. The third-order valence-corrected chi connectivity index (χ3v) is 4.17. The van der Waals surface area contributed by atoms with E-state index in [1.165, 1.54) is 0 Å². The fourth-order valence-electron chi connectivity index (χ4n) is 3.14. The van der Waals surface area contributed by atoms with Crippen molar-refractivity contribution in [3.05, 3.63) is 48.2 Å². The van der Waals surface area contributed by atoms with Crippen LogP contribution in [0.2, 0.25) is 0 Å². The number of imidazole rings is 1. The molecule has 5 heteroatoms. The van der Waals surface area contributed by atoms with Crippen LogP contribution in [-0.4, -0.2) is 25.5 Å². The van der Waals surface area contributed by atoms with Gasteiger partial charge in [0.2, 0.25) is 0 Å². The molecule has 1 unspecified atom stereocenters. The zero-order chi connectivity index (χ0) is 15.1. The van der Waals surface area contributed by atoms with E-state index < -0.39 is 6.17 Å². The van der Waals surface area contributed by atoms with Crippen LogP contribution in [0.1, 0.15) is 23.9 Å². The normalized spacial score (nSPS) is 18.3. The van der Waals surface area contributed by atoms with E-state index in [0.717, 1.165) is 22.3 Å². The Balaban J connectivity index is 1.80. The van der Waals surface area contributed by atoms with Crippen molar-refractivity contribution < 1.29 is 4.39 Å². The van der Waals surface area contributed by atoms with Gasteiger partial charge in [-0.1, -0.05) is 18.2 Å². The largest absolute Gasteiger partial charge is 0.331 e. The van der Waals surface area contributed by atoms with Crippen LogP contribution < -0.4 is 0 Å². The molecule has 0 fully saturated rings. The van der Waals surface area contributed by atoms with Crippen LogP contribution >= 0.6 is 0 Å². The van der Waals surface area contributed by atoms with Crippen LogP contribution in [0.4, 0.5) is 4.39 Å². The van der Waals surface area contributed by atoms with E-state index in [1.54, 1.807) is 6.33 Å². The molecule has 2 aromatic heterocycles. The lowest BCUT2D eigenvalue weighted by Crippen LogP contribution is -2.13. The molecule has 0 saturated heterocycles. The molecule has 1 aromatic carbocycles. The van der Waals surface area contributed by atoms with Gasteiger partial charge in [-0.15, -0.1) is 12.3 Å². The molecule has 0 saturated carbocycles. The standard InChI is InChI=1S/C17H15FN4/c1-2-5-15(17-16-8-13(18)10-21(16)11-19-17)22-9-12-6-3-4-7-14(12)20-22/h1,3-4,6-7,9,11,13,15H,5,8,10H2/t13-,15?/m1/s1. The number of rotatable bonds is 3. The molecule has 3 heterocycles. The highest BCUT2D eigenvalue weighted by molar-refractivity contribution is 5.77. The summed E-state index contributed by atoms with van der Waals surface area (Å²) in [4.78, 5) is 4.48. The first-order chi connectivity index (χ1) is 10.8. The number of fused-ring (bicyclic) bond motifs is 2. The van der Waals surface area contributed by atoms with E-state index in [2.05, 4.69) is 16.0 Å². The average molecular weight is 294 g/mol. The lowest BCUT2D eigenvalue weighted by Gasteiger charge is -2.14. The number of nitrogens with zero attached hydrogens (tertiary/aromatic N) is 4. The second-order valence-electron chi connectivity index (χ2n) is 5.62. The first-order valence-corrected chi connectivity index (χ1v) is 7.31. The van der Waals surface area contributed by atoms with Gasteiger partial charge in [-0.2, -0.15) is 5.10 Å². The number of alkyl halides is 1. The molecular weight excluding hydrogens is 279 g/mol. The van der Waals surface area contributed by atoms with Crippen LogP contribution in [0.3, 0.4) is 0 Å². The summed E-state index contributed by atoms with van der Waals surface area (Å²) in [5.41, 5.74) is 2.70. The Bertz CT molecular complexity index is 837. The van der Waals surface area contributed by atoms with E-state index in [9.17, 15) is 4.39 Å². The lowest BCUT2D eigenvalue weighted by atomic mass is 10.1. The Morgan fingerprint density at radius 3 is 3.09 bits per heavy atom. The second kappa shape index (κ2) is 4.99. The van der Waals surface area contributed by atoms with Crippen LogP contribution in [0.15, 0.2) is 36.8 Å². The smallest absolute Gasteiger partial charge is 0.123 e. The van der Waals surface area contributed by atoms with E-state index in [0.29, 0.717) is 19.4 Å². The van der Waals surface area contributed by atoms with E-state index in [1.807, 2.05) is 39.7 Å². The van der Waals surface area contributed by atoms with Gasteiger partial charge in [0, 0.05) is 30.1 Å². The monoisotopic (exact) mass is 294 g/mol. The molecule has 110 valence electrons. The summed E-state index contributed by atoms with van der Waals surface area (Å²) < 4.78 is 17.4. The van der Waals surface area contributed by atoms with Gasteiger partial charge in [-0.3, -0.25) is 4.68 Å². The van der Waals surface area contributed by atoms with Gasteiger partial charge >= 0.3 is 0 Å². The van der Waals surface area contributed by atoms with Gasteiger partial charge in [0.15, 0.2) is 0 Å². The topological polar surface area (TPSA) is 35.6 Å². The van der Waals surface area contributed by atoms with Crippen LogP contribution in [0.5, 0.6) is 0 Å². The molecule has 0 bridgehead atoms. The van der Waals surface area contributed by atoms with Crippen molar-refractivity contribution in [1.29, 1.82) is 0 Å². The van der Waals surface area contributed by atoms with Crippen LogP contribution in [0, 0.1) is 12.3 Å². The van der Waals surface area contributed by atoms with Crippen molar-refractivity contribution in [3.8, 4) is 12.3 Å². The molecule has 4 rings (SSSR count). The molecular formula is C17H15FN4. The Morgan fingerprint density at radius 1 is 1.41 bits per heavy atom. The fraction of sp³-hybridized carbons (Fsp3) is 0.294. The van der Waals surface area contributed by atoms with Gasteiger partial charge in [0.05, 0.1) is 24.1 Å². The second-order valence-corrected chi connectivity index (χ2v) is 5.62. The third-order valence-electron chi connectivity index (χ3n) is 4.17. The number of terminal acetylenes is 1. The zero-order valence-corrected chi connectivity index (χ0v) is 12.0. The molecule has 22 heavy (non-hydrogen) atoms. The summed E-state index contributed by atoms with van der Waals surface area (Å²) in [6.07, 6.45) is 9.27. The number of hydrogen-bond acceptors (Lipinski definition) is 2. The Hall–Kier alpha value is -2.61. The molecule has 0 radical (unpaired) electrons. The van der Waals surface area contributed by atoms with Gasteiger partial charge in [-0.25, -0.2) is 9.37 Å². The summed E-state index contributed by atoms with van der Waals surface area (Å²) in [6.45, 7) is 0.381. The van der Waals surface area contributed by atoms with Crippen molar-refractivity contribution in [2.45, 2.75) is 31.6 Å². The molecule has 4 nitrogen and oxygen atoms in total. The Labute approximate surface area is 127 Å². The summed E-state index contributed by atoms with van der Waals surface area (Å²) >= 11 is 0.